The van der Waals surface area contributed by atoms with Crippen LogP contribution in [0.25, 0.3) is 0 Å². The van der Waals surface area contributed by atoms with Crippen LogP contribution >= 0.6 is 0 Å². The number of hydrogen-bond donors (Lipinski definition) is 0. The summed E-state index contributed by atoms with van der Waals surface area (Å²) in [5.41, 5.74) is 0. The van der Waals surface area contributed by atoms with Gasteiger partial charge in [0.25, 0.3) is 0 Å². The van der Waals surface area contributed by atoms with Gasteiger partial charge >= 0.3 is 75.7 Å². The molecule has 0 unspecified atom stereocenters. The van der Waals surface area contributed by atoms with E-state index in [4.69, 9.17) is 0 Å². The first-order valence-corrected chi connectivity index (χ1v) is 15.3. The molecular weight excluding hydrogens is 239 g/mol. The van der Waals surface area contributed by atoms with Gasteiger partial charge in [0.1, 0.15) is 0 Å². The average molecular weight is 261 g/mol. The monoisotopic (exact) mass is 262 g/mol. The molecule has 1 aliphatic rings. The molecule has 66 valence electrons. The predicted octanol–water partition coefficient (Wildman–Crippen LogP) is 4.05. The minimum atomic E-state index is -1.48. The topological polar surface area (TPSA) is 0 Å². The Morgan fingerprint density at radius 2 is 1.27 bits per heavy atom. The molecule has 0 spiro atoms. The number of hydrogen-bond acceptors (Lipinski definition) is 0. The van der Waals surface area contributed by atoms with Crippen molar-refractivity contribution in [2.45, 2.75) is 57.3 Å². The Balaban J connectivity index is 2.43. The molecule has 1 aliphatic carbocycles. The van der Waals surface area contributed by atoms with Crippen molar-refractivity contribution in [3.05, 3.63) is 0 Å². The van der Waals surface area contributed by atoms with E-state index in [1.165, 1.54) is 29.6 Å². The van der Waals surface area contributed by atoms with Gasteiger partial charge in [0.05, 0.1) is 0 Å². The normalized spacial score (nSPS) is 23.2. The molecule has 0 aromatic carbocycles. The molecule has 11 heavy (non-hydrogen) atoms. The standard InChI is InChI=1S/C7H13.3CH3.Sn/c1-2-4-6-7-5-3-1;;;;/h1H,2-7H2;3*1H3;. The minimum absolute atomic E-state index is 1.20. The molecule has 0 amide bonds. The van der Waals surface area contributed by atoms with Gasteiger partial charge in [-0.15, -0.1) is 0 Å². The van der Waals surface area contributed by atoms with Crippen LogP contribution in [0.2, 0.25) is 18.8 Å². The van der Waals surface area contributed by atoms with Gasteiger partial charge < -0.3 is 0 Å². The first-order chi connectivity index (χ1) is 5.11. The van der Waals surface area contributed by atoms with Crippen LogP contribution in [0.3, 0.4) is 0 Å². The van der Waals surface area contributed by atoms with E-state index in [2.05, 4.69) is 14.8 Å². The van der Waals surface area contributed by atoms with E-state index >= 15 is 0 Å². The fraction of sp³-hybridized carbons (Fsp3) is 1.00. The molecule has 0 heterocycles. The van der Waals surface area contributed by atoms with Crippen molar-refractivity contribution in [2.24, 2.45) is 0 Å². The predicted molar refractivity (Wildman–Crippen MR) is 54.8 cm³/mol. The zero-order chi connectivity index (χ0) is 8.32. The van der Waals surface area contributed by atoms with Crippen LogP contribution in [0.15, 0.2) is 0 Å². The van der Waals surface area contributed by atoms with Crippen LogP contribution in [0, 0.1) is 0 Å². The van der Waals surface area contributed by atoms with Gasteiger partial charge in [-0.1, -0.05) is 0 Å². The van der Waals surface area contributed by atoms with Gasteiger partial charge in [-0.25, -0.2) is 0 Å². The summed E-state index contributed by atoms with van der Waals surface area (Å²) in [6.07, 6.45) is 9.22. The summed E-state index contributed by atoms with van der Waals surface area (Å²) in [5.74, 6) is 0. The third-order valence-electron chi connectivity index (χ3n) is 3.08. The summed E-state index contributed by atoms with van der Waals surface area (Å²) in [6, 6.07) is 0. The van der Waals surface area contributed by atoms with E-state index in [1.807, 2.05) is 0 Å². The molecule has 0 nitrogen and oxygen atoms in total. The Kier molecular flexibility index (Phi) is 3.73. The van der Waals surface area contributed by atoms with Gasteiger partial charge in [0.15, 0.2) is 0 Å². The van der Waals surface area contributed by atoms with E-state index in [9.17, 15) is 0 Å². The summed E-state index contributed by atoms with van der Waals surface area (Å²) < 4.78 is 1.20. The second-order valence-electron chi connectivity index (χ2n) is 5.05. The maximum atomic E-state index is 2.60. The fourth-order valence-corrected chi connectivity index (χ4v) is 8.25. The average Bonchev–Trinajstić information content (AvgIpc) is 2.10. The molecule has 0 atom stereocenters. The van der Waals surface area contributed by atoms with E-state index in [0.29, 0.717) is 0 Å². The molecule has 0 N–H and O–H groups in total. The molecule has 1 heteroatoms. The van der Waals surface area contributed by atoms with Crippen LogP contribution in [0.1, 0.15) is 38.5 Å². The van der Waals surface area contributed by atoms with Gasteiger partial charge in [-0.3, -0.25) is 0 Å². The quantitative estimate of drug-likeness (QED) is 0.493. The van der Waals surface area contributed by atoms with E-state index < -0.39 is 18.4 Å². The summed E-state index contributed by atoms with van der Waals surface area (Å²) >= 11 is -1.48. The van der Waals surface area contributed by atoms with Gasteiger partial charge in [-0.2, -0.15) is 0 Å². The summed E-state index contributed by atoms with van der Waals surface area (Å²) in [5, 5.41) is 0. The van der Waals surface area contributed by atoms with Crippen molar-refractivity contribution in [3.63, 3.8) is 0 Å². The molecular formula is C10H22Sn. The summed E-state index contributed by atoms with van der Waals surface area (Å²) in [7, 11) is 0. The second-order valence-corrected chi connectivity index (χ2v) is 20.9. The van der Waals surface area contributed by atoms with E-state index in [-0.39, 0.29) is 0 Å². The molecule has 1 fully saturated rings. The molecule has 0 saturated heterocycles. The Morgan fingerprint density at radius 3 is 1.64 bits per heavy atom. The summed E-state index contributed by atoms with van der Waals surface area (Å²) in [4.78, 5) is 7.81. The zero-order valence-corrected chi connectivity index (χ0v) is 11.2. The van der Waals surface area contributed by atoms with E-state index in [1.54, 1.807) is 12.8 Å². The van der Waals surface area contributed by atoms with Gasteiger partial charge in [0, 0.05) is 0 Å². The van der Waals surface area contributed by atoms with Crippen molar-refractivity contribution >= 4 is 18.4 Å². The van der Waals surface area contributed by atoms with E-state index in [0.717, 1.165) is 0 Å². The molecule has 0 aliphatic heterocycles. The molecule has 1 saturated carbocycles. The van der Waals surface area contributed by atoms with Crippen LogP contribution in [0.5, 0.6) is 0 Å². The Bertz CT molecular complexity index is 105. The fourth-order valence-electron chi connectivity index (χ4n) is 2.15. The van der Waals surface area contributed by atoms with Crippen LogP contribution in [-0.4, -0.2) is 18.4 Å². The molecule has 0 bridgehead atoms. The zero-order valence-electron chi connectivity index (χ0n) is 8.32. The van der Waals surface area contributed by atoms with Crippen LogP contribution in [-0.2, 0) is 0 Å². The Hall–Kier alpha value is 0.799. The van der Waals surface area contributed by atoms with Crippen LogP contribution in [0.4, 0.5) is 0 Å². The SMILES string of the molecule is [CH3][Sn]([CH3])([CH3])[CH]1CCCCCC1. The van der Waals surface area contributed by atoms with Gasteiger partial charge in [0.2, 0.25) is 0 Å². The first-order valence-electron chi connectivity index (χ1n) is 5.11. The molecule has 1 rings (SSSR count). The number of rotatable bonds is 1. The molecule has 0 radical (unpaired) electrons. The Morgan fingerprint density at radius 1 is 0.818 bits per heavy atom. The van der Waals surface area contributed by atoms with Crippen molar-refractivity contribution in [3.8, 4) is 0 Å². The maximum absolute atomic E-state index is 2.60. The van der Waals surface area contributed by atoms with Gasteiger partial charge in [-0.05, 0) is 0 Å². The van der Waals surface area contributed by atoms with Crippen molar-refractivity contribution in [1.29, 1.82) is 0 Å². The third kappa shape index (κ3) is 3.35. The second kappa shape index (κ2) is 4.15. The van der Waals surface area contributed by atoms with Crippen molar-refractivity contribution in [1.82, 2.24) is 0 Å². The first kappa shape index (κ1) is 9.88. The molecule has 0 aromatic rings. The van der Waals surface area contributed by atoms with Crippen LogP contribution < -0.4 is 0 Å². The third-order valence-corrected chi connectivity index (χ3v) is 11.7. The van der Waals surface area contributed by atoms with Crippen molar-refractivity contribution < 1.29 is 0 Å². The summed E-state index contributed by atoms with van der Waals surface area (Å²) in [6.45, 7) is 0. The Labute approximate surface area is 75.6 Å². The van der Waals surface area contributed by atoms with Crippen molar-refractivity contribution in [2.75, 3.05) is 0 Å². The molecule has 0 aromatic heterocycles.